The summed E-state index contributed by atoms with van der Waals surface area (Å²) in [5.41, 5.74) is -0.352. The summed E-state index contributed by atoms with van der Waals surface area (Å²) in [5, 5.41) is 5.30. The topological polar surface area (TPSA) is 39.1 Å². The van der Waals surface area contributed by atoms with E-state index in [1.807, 2.05) is 44.2 Å². The SMILES string of the molecule is CCC(CC)n1c(=O)c2ccc3c4ccccc4sc4c(Br)cc(c1=O)c2c43. The summed E-state index contributed by atoms with van der Waals surface area (Å²) in [5.74, 6) is 0. The van der Waals surface area contributed by atoms with Crippen molar-refractivity contribution in [2.24, 2.45) is 0 Å². The zero-order valence-electron chi connectivity index (χ0n) is 15.6. The number of hydrogen-bond acceptors (Lipinski definition) is 3. The molecule has 0 aliphatic carbocycles. The highest BCUT2D eigenvalue weighted by Gasteiger charge is 2.22. The Morgan fingerprint density at radius 3 is 2.32 bits per heavy atom. The van der Waals surface area contributed by atoms with Crippen molar-refractivity contribution in [2.75, 3.05) is 0 Å². The minimum atomic E-state index is -0.181. The Bertz CT molecular complexity index is 1490. The molecule has 5 aromatic rings. The molecule has 140 valence electrons. The third kappa shape index (κ3) is 2.26. The molecule has 0 unspecified atom stereocenters. The van der Waals surface area contributed by atoms with Crippen molar-refractivity contribution in [3.63, 3.8) is 0 Å². The van der Waals surface area contributed by atoms with Gasteiger partial charge < -0.3 is 0 Å². The number of aromatic nitrogens is 1. The predicted octanol–water partition coefficient (Wildman–Crippen LogP) is 6.44. The average molecular weight is 452 g/mol. The zero-order chi connectivity index (χ0) is 19.6. The van der Waals surface area contributed by atoms with Crippen molar-refractivity contribution in [3.8, 4) is 0 Å². The number of pyridine rings is 1. The maximum absolute atomic E-state index is 13.4. The summed E-state index contributed by atoms with van der Waals surface area (Å²) in [6, 6.07) is 14.0. The predicted molar refractivity (Wildman–Crippen MR) is 123 cm³/mol. The lowest BCUT2D eigenvalue weighted by Crippen LogP contribution is -2.36. The summed E-state index contributed by atoms with van der Waals surface area (Å²) >= 11 is 5.38. The fraction of sp³-hybridized carbons (Fsp3) is 0.217. The van der Waals surface area contributed by atoms with Crippen LogP contribution in [-0.2, 0) is 0 Å². The van der Waals surface area contributed by atoms with E-state index in [2.05, 4.69) is 28.1 Å². The van der Waals surface area contributed by atoms with Gasteiger partial charge >= 0.3 is 0 Å². The molecular formula is C23H18BrNO2S. The van der Waals surface area contributed by atoms with E-state index in [1.165, 1.54) is 9.27 Å². The van der Waals surface area contributed by atoms with Crippen LogP contribution in [0.1, 0.15) is 32.7 Å². The summed E-state index contributed by atoms with van der Waals surface area (Å²) in [7, 11) is 0. The van der Waals surface area contributed by atoms with Gasteiger partial charge in [-0.2, -0.15) is 0 Å². The monoisotopic (exact) mass is 451 g/mol. The van der Waals surface area contributed by atoms with Crippen molar-refractivity contribution < 1.29 is 0 Å². The van der Waals surface area contributed by atoms with Gasteiger partial charge in [-0.05, 0) is 57.7 Å². The van der Waals surface area contributed by atoms with E-state index < -0.39 is 0 Å². The number of halogens is 1. The van der Waals surface area contributed by atoms with Crippen LogP contribution in [-0.4, -0.2) is 4.57 Å². The Morgan fingerprint density at radius 1 is 0.893 bits per heavy atom. The van der Waals surface area contributed by atoms with E-state index >= 15 is 0 Å². The van der Waals surface area contributed by atoms with Gasteiger partial charge in [-0.25, -0.2) is 0 Å². The van der Waals surface area contributed by atoms with Crippen LogP contribution in [0.15, 0.2) is 56.5 Å². The van der Waals surface area contributed by atoms with Gasteiger partial charge in [0.05, 0.1) is 4.70 Å². The molecule has 0 atom stereocenters. The van der Waals surface area contributed by atoms with E-state index in [9.17, 15) is 9.59 Å². The molecule has 0 aliphatic heterocycles. The fourth-order valence-corrected chi connectivity index (χ4v) is 6.19. The molecule has 0 aliphatic rings. The Hall–Kier alpha value is -2.24. The van der Waals surface area contributed by atoms with Crippen LogP contribution in [0.4, 0.5) is 0 Å². The van der Waals surface area contributed by atoms with Gasteiger partial charge in [-0.1, -0.05) is 38.1 Å². The number of benzene rings is 3. The first-order valence-corrected chi connectivity index (χ1v) is 11.1. The van der Waals surface area contributed by atoms with Crippen LogP contribution >= 0.6 is 27.3 Å². The number of rotatable bonds is 3. The van der Waals surface area contributed by atoms with Crippen molar-refractivity contribution in [1.29, 1.82) is 0 Å². The highest BCUT2D eigenvalue weighted by molar-refractivity contribution is 9.10. The van der Waals surface area contributed by atoms with E-state index in [0.29, 0.717) is 10.8 Å². The molecular weight excluding hydrogens is 434 g/mol. The highest BCUT2D eigenvalue weighted by Crippen LogP contribution is 2.43. The molecule has 0 spiro atoms. The Balaban J connectivity index is 2.11. The van der Waals surface area contributed by atoms with E-state index in [0.717, 1.165) is 43.6 Å². The van der Waals surface area contributed by atoms with Crippen LogP contribution in [0, 0.1) is 0 Å². The second-order valence-electron chi connectivity index (χ2n) is 7.19. The van der Waals surface area contributed by atoms with Gasteiger partial charge in [0.2, 0.25) is 0 Å². The van der Waals surface area contributed by atoms with Crippen LogP contribution in [0.25, 0.3) is 41.7 Å². The molecule has 3 aromatic carbocycles. The fourth-order valence-electron chi connectivity index (χ4n) is 4.40. The molecule has 0 N–H and O–H groups in total. The van der Waals surface area contributed by atoms with Gasteiger partial charge in [0.25, 0.3) is 11.1 Å². The quantitative estimate of drug-likeness (QED) is 0.233. The Morgan fingerprint density at radius 2 is 1.57 bits per heavy atom. The maximum atomic E-state index is 13.4. The minimum Gasteiger partial charge on any atom is -0.271 e. The van der Waals surface area contributed by atoms with Crippen molar-refractivity contribution >= 4 is 69.0 Å². The second-order valence-corrected chi connectivity index (χ2v) is 9.10. The zero-order valence-corrected chi connectivity index (χ0v) is 18.0. The molecule has 28 heavy (non-hydrogen) atoms. The molecule has 0 fully saturated rings. The Labute approximate surface area is 173 Å². The second kappa shape index (κ2) is 6.39. The van der Waals surface area contributed by atoms with E-state index in [4.69, 9.17) is 0 Å². The molecule has 0 amide bonds. The molecule has 0 saturated carbocycles. The van der Waals surface area contributed by atoms with Crippen molar-refractivity contribution in [2.45, 2.75) is 32.7 Å². The minimum absolute atomic E-state index is 0.0793. The van der Waals surface area contributed by atoms with Crippen molar-refractivity contribution in [3.05, 3.63) is 67.6 Å². The molecule has 2 heterocycles. The van der Waals surface area contributed by atoms with Crippen LogP contribution < -0.4 is 11.1 Å². The third-order valence-electron chi connectivity index (χ3n) is 5.79. The average Bonchev–Trinajstić information content (AvgIpc) is 2.72. The van der Waals surface area contributed by atoms with E-state index in [-0.39, 0.29) is 17.2 Å². The molecule has 5 rings (SSSR count). The first-order chi connectivity index (χ1) is 13.6. The number of fused-ring (bicyclic) bond motifs is 2. The summed E-state index contributed by atoms with van der Waals surface area (Å²) in [4.78, 5) is 26.7. The number of hydrogen-bond donors (Lipinski definition) is 0. The van der Waals surface area contributed by atoms with Gasteiger partial charge in [0.1, 0.15) is 0 Å². The van der Waals surface area contributed by atoms with Crippen LogP contribution in [0.2, 0.25) is 0 Å². The molecule has 0 bridgehead atoms. The molecule has 3 nitrogen and oxygen atoms in total. The van der Waals surface area contributed by atoms with Crippen LogP contribution in [0.3, 0.4) is 0 Å². The standard InChI is InChI=1S/C23H18BrNO2S/c1-3-12(4-2)25-22(26)15-10-9-14-13-7-5-6-8-18(13)28-21-17(24)11-16(23(25)27)19(15)20(14)21/h5-12H,3-4H2,1-2H3. The summed E-state index contributed by atoms with van der Waals surface area (Å²) in [6.45, 7) is 4.04. The molecule has 5 heteroatoms. The molecule has 2 aromatic heterocycles. The summed E-state index contributed by atoms with van der Waals surface area (Å²) < 4.78 is 4.63. The Kier molecular flexibility index (Phi) is 4.07. The van der Waals surface area contributed by atoms with Gasteiger partial charge in [0, 0.05) is 36.8 Å². The largest absolute Gasteiger partial charge is 0.271 e. The normalized spacial score (nSPS) is 12.3. The summed E-state index contributed by atoms with van der Waals surface area (Å²) in [6.07, 6.45) is 1.51. The van der Waals surface area contributed by atoms with Gasteiger partial charge in [-0.15, -0.1) is 11.3 Å². The lowest BCUT2D eigenvalue weighted by Gasteiger charge is -2.19. The van der Waals surface area contributed by atoms with Gasteiger partial charge in [0.15, 0.2) is 0 Å². The maximum Gasteiger partial charge on any atom is 0.261 e. The van der Waals surface area contributed by atoms with Crippen LogP contribution in [0.5, 0.6) is 0 Å². The number of nitrogens with zero attached hydrogens (tertiary/aromatic N) is 1. The van der Waals surface area contributed by atoms with E-state index in [1.54, 1.807) is 11.3 Å². The lowest BCUT2D eigenvalue weighted by atomic mass is 9.97. The lowest BCUT2D eigenvalue weighted by molar-refractivity contribution is 0.451. The van der Waals surface area contributed by atoms with Crippen molar-refractivity contribution in [1.82, 2.24) is 4.57 Å². The highest BCUT2D eigenvalue weighted by atomic mass is 79.9. The molecule has 0 radical (unpaired) electrons. The third-order valence-corrected chi connectivity index (χ3v) is 7.88. The van der Waals surface area contributed by atoms with Gasteiger partial charge in [-0.3, -0.25) is 14.2 Å². The molecule has 0 saturated heterocycles. The first kappa shape index (κ1) is 17.8. The first-order valence-electron chi connectivity index (χ1n) is 9.51. The smallest absolute Gasteiger partial charge is 0.261 e.